The number of pyridine rings is 1. The number of rotatable bonds is 2. The van der Waals surface area contributed by atoms with E-state index in [4.69, 9.17) is 14.7 Å². The SMILES string of the molecule is c1cncc(-c2nc(N3CCCOCC3)c3ccccc3n2)c1. The van der Waals surface area contributed by atoms with Gasteiger partial charge in [0.25, 0.3) is 0 Å². The van der Waals surface area contributed by atoms with E-state index in [2.05, 4.69) is 16.0 Å². The van der Waals surface area contributed by atoms with E-state index in [1.54, 1.807) is 12.4 Å². The van der Waals surface area contributed by atoms with Gasteiger partial charge in [-0.25, -0.2) is 9.97 Å². The van der Waals surface area contributed by atoms with Gasteiger partial charge in [0.05, 0.1) is 12.1 Å². The highest BCUT2D eigenvalue weighted by molar-refractivity contribution is 5.91. The molecule has 116 valence electrons. The summed E-state index contributed by atoms with van der Waals surface area (Å²) in [5.41, 5.74) is 1.90. The highest BCUT2D eigenvalue weighted by Gasteiger charge is 2.17. The van der Waals surface area contributed by atoms with Gasteiger partial charge in [-0.05, 0) is 30.7 Å². The Morgan fingerprint density at radius 1 is 0.957 bits per heavy atom. The Morgan fingerprint density at radius 3 is 2.83 bits per heavy atom. The molecule has 2 aromatic heterocycles. The van der Waals surface area contributed by atoms with Crippen molar-refractivity contribution < 1.29 is 4.74 Å². The van der Waals surface area contributed by atoms with Gasteiger partial charge in [-0.2, -0.15) is 0 Å². The molecule has 1 saturated heterocycles. The molecule has 1 aromatic carbocycles. The van der Waals surface area contributed by atoms with Crippen LogP contribution in [-0.2, 0) is 4.74 Å². The Kier molecular flexibility index (Phi) is 3.86. The lowest BCUT2D eigenvalue weighted by Gasteiger charge is -2.22. The molecule has 5 nitrogen and oxygen atoms in total. The molecule has 0 bridgehead atoms. The average molecular weight is 306 g/mol. The van der Waals surface area contributed by atoms with Crippen LogP contribution in [-0.4, -0.2) is 41.3 Å². The minimum absolute atomic E-state index is 0.719. The molecule has 3 heterocycles. The highest BCUT2D eigenvalue weighted by atomic mass is 16.5. The quantitative estimate of drug-likeness (QED) is 0.728. The van der Waals surface area contributed by atoms with Crippen LogP contribution in [0.4, 0.5) is 5.82 Å². The molecule has 1 aliphatic rings. The van der Waals surface area contributed by atoms with Crippen LogP contribution in [0.5, 0.6) is 0 Å². The number of fused-ring (bicyclic) bond motifs is 1. The molecule has 0 atom stereocenters. The van der Waals surface area contributed by atoms with Crippen LogP contribution in [0.2, 0.25) is 0 Å². The molecule has 0 amide bonds. The zero-order valence-electron chi connectivity index (χ0n) is 12.9. The van der Waals surface area contributed by atoms with Crippen molar-refractivity contribution in [1.82, 2.24) is 15.0 Å². The molecule has 3 aromatic rings. The Labute approximate surface area is 135 Å². The van der Waals surface area contributed by atoms with Gasteiger partial charge in [-0.1, -0.05) is 12.1 Å². The lowest BCUT2D eigenvalue weighted by atomic mass is 10.2. The van der Waals surface area contributed by atoms with E-state index in [0.29, 0.717) is 0 Å². The van der Waals surface area contributed by atoms with E-state index in [1.807, 2.05) is 30.3 Å². The van der Waals surface area contributed by atoms with Gasteiger partial charge >= 0.3 is 0 Å². The van der Waals surface area contributed by atoms with Gasteiger partial charge in [0.1, 0.15) is 5.82 Å². The molecule has 0 aliphatic carbocycles. The van der Waals surface area contributed by atoms with Crippen molar-refractivity contribution in [1.29, 1.82) is 0 Å². The number of nitrogens with zero attached hydrogens (tertiary/aromatic N) is 4. The summed E-state index contributed by atoms with van der Waals surface area (Å²) in [6.07, 6.45) is 4.58. The number of para-hydroxylation sites is 1. The van der Waals surface area contributed by atoms with Crippen LogP contribution in [0.1, 0.15) is 6.42 Å². The molecular formula is C18H18N4O. The summed E-state index contributed by atoms with van der Waals surface area (Å²) in [5.74, 6) is 1.71. The fourth-order valence-electron chi connectivity index (χ4n) is 2.88. The first kappa shape index (κ1) is 14.1. The monoisotopic (exact) mass is 306 g/mol. The molecule has 5 heteroatoms. The smallest absolute Gasteiger partial charge is 0.163 e. The molecule has 0 spiro atoms. The van der Waals surface area contributed by atoms with Crippen molar-refractivity contribution >= 4 is 16.7 Å². The fraction of sp³-hybridized carbons (Fsp3) is 0.278. The van der Waals surface area contributed by atoms with Gasteiger partial charge in [-0.3, -0.25) is 4.98 Å². The van der Waals surface area contributed by atoms with Crippen LogP contribution in [0.15, 0.2) is 48.8 Å². The van der Waals surface area contributed by atoms with Gasteiger partial charge in [-0.15, -0.1) is 0 Å². The normalized spacial score (nSPS) is 15.6. The number of anilines is 1. The number of benzene rings is 1. The first-order chi connectivity index (χ1) is 11.4. The van der Waals surface area contributed by atoms with E-state index in [0.717, 1.165) is 60.8 Å². The third-order valence-electron chi connectivity index (χ3n) is 4.02. The highest BCUT2D eigenvalue weighted by Crippen LogP contribution is 2.27. The van der Waals surface area contributed by atoms with E-state index in [-0.39, 0.29) is 0 Å². The summed E-state index contributed by atoms with van der Waals surface area (Å²) in [6.45, 7) is 3.36. The number of ether oxygens (including phenoxy) is 1. The lowest BCUT2D eigenvalue weighted by molar-refractivity contribution is 0.152. The van der Waals surface area contributed by atoms with Crippen LogP contribution in [0.3, 0.4) is 0 Å². The molecule has 23 heavy (non-hydrogen) atoms. The standard InChI is InChI=1S/C18H18N4O/c1-2-7-16-15(6-1)18(22-9-4-11-23-12-10-22)21-17(20-16)14-5-3-8-19-13-14/h1-3,5-8,13H,4,9-12H2. The second-order valence-electron chi connectivity index (χ2n) is 5.58. The van der Waals surface area contributed by atoms with Gasteiger partial charge in [0.2, 0.25) is 0 Å². The number of aromatic nitrogens is 3. The summed E-state index contributed by atoms with van der Waals surface area (Å²) in [6, 6.07) is 12.1. The topological polar surface area (TPSA) is 51.1 Å². The minimum atomic E-state index is 0.719. The van der Waals surface area contributed by atoms with Crippen molar-refractivity contribution in [3.63, 3.8) is 0 Å². The van der Waals surface area contributed by atoms with Gasteiger partial charge < -0.3 is 9.64 Å². The largest absolute Gasteiger partial charge is 0.380 e. The third-order valence-corrected chi connectivity index (χ3v) is 4.02. The third kappa shape index (κ3) is 2.87. The molecule has 0 N–H and O–H groups in total. The van der Waals surface area contributed by atoms with Crippen LogP contribution in [0, 0.1) is 0 Å². The van der Waals surface area contributed by atoms with Crippen LogP contribution in [0.25, 0.3) is 22.3 Å². The molecule has 1 fully saturated rings. The first-order valence-corrected chi connectivity index (χ1v) is 7.92. The van der Waals surface area contributed by atoms with Gasteiger partial charge in [0.15, 0.2) is 5.82 Å². The van der Waals surface area contributed by atoms with Crippen molar-refractivity contribution in [3.05, 3.63) is 48.8 Å². The molecule has 0 saturated carbocycles. The number of hydrogen-bond acceptors (Lipinski definition) is 5. The second-order valence-corrected chi connectivity index (χ2v) is 5.58. The molecule has 1 aliphatic heterocycles. The Morgan fingerprint density at radius 2 is 1.91 bits per heavy atom. The number of hydrogen-bond donors (Lipinski definition) is 0. The van der Waals surface area contributed by atoms with Gasteiger partial charge in [0, 0.05) is 43.0 Å². The Bertz CT molecular complexity index is 798. The van der Waals surface area contributed by atoms with E-state index in [1.165, 1.54) is 0 Å². The molecular weight excluding hydrogens is 288 g/mol. The maximum Gasteiger partial charge on any atom is 0.163 e. The summed E-state index contributed by atoms with van der Waals surface area (Å²) in [4.78, 5) is 16.1. The van der Waals surface area contributed by atoms with Crippen LogP contribution < -0.4 is 4.90 Å². The Hall–Kier alpha value is -2.53. The predicted molar refractivity (Wildman–Crippen MR) is 90.4 cm³/mol. The lowest BCUT2D eigenvalue weighted by Crippen LogP contribution is -2.27. The first-order valence-electron chi connectivity index (χ1n) is 7.92. The summed E-state index contributed by atoms with van der Waals surface area (Å²) < 4.78 is 5.58. The maximum atomic E-state index is 5.58. The summed E-state index contributed by atoms with van der Waals surface area (Å²) in [7, 11) is 0. The molecule has 0 unspecified atom stereocenters. The average Bonchev–Trinajstić information content (AvgIpc) is 2.91. The van der Waals surface area contributed by atoms with Crippen molar-refractivity contribution in [3.8, 4) is 11.4 Å². The van der Waals surface area contributed by atoms with E-state index in [9.17, 15) is 0 Å². The van der Waals surface area contributed by atoms with E-state index < -0.39 is 0 Å². The summed E-state index contributed by atoms with van der Waals surface area (Å²) in [5, 5.41) is 1.09. The maximum absolute atomic E-state index is 5.58. The van der Waals surface area contributed by atoms with Crippen molar-refractivity contribution in [2.45, 2.75) is 6.42 Å². The zero-order valence-corrected chi connectivity index (χ0v) is 12.9. The fourth-order valence-corrected chi connectivity index (χ4v) is 2.88. The predicted octanol–water partition coefficient (Wildman–Crippen LogP) is 2.92. The molecule has 4 rings (SSSR count). The molecule has 0 radical (unpaired) electrons. The zero-order chi connectivity index (χ0) is 15.5. The Balaban J connectivity index is 1.87. The van der Waals surface area contributed by atoms with E-state index >= 15 is 0 Å². The van der Waals surface area contributed by atoms with Crippen LogP contribution >= 0.6 is 0 Å². The summed E-state index contributed by atoms with van der Waals surface area (Å²) >= 11 is 0. The van der Waals surface area contributed by atoms with Crippen molar-refractivity contribution in [2.75, 3.05) is 31.2 Å². The van der Waals surface area contributed by atoms with Crippen molar-refractivity contribution in [2.24, 2.45) is 0 Å². The second kappa shape index (κ2) is 6.30. The minimum Gasteiger partial charge on any atom is -0.380 e.